The van der Waals surface area contributed by atoms with Crippen molar-refractivity contribution in [3.8, 4) is 0 Å². The zero-order valence-electron chi connectivity index (χ0n) is 24.9. The van der Waals surface area contributed by atoms with E-state index in [-0.39, 0.29) is 56.8 Å². The summed E-state index contributed by atoms with van der Waals surface area (Å²) in [4.78, 5) is 53.4. The van der Waals surface area contributed by atoms with Crippen LogP contribution >= 0.6 is 0 Å². The molecular weight excluding hydrogens is 576 g/mol. The molecule has 0 aromatic heterocycles. The first kappa shape index (κ1) is 32.7. The van der Waals surface area contributed by atoms with Gasteiger partial charge in [-0.15, -0.1) is 0 Å². The van der Waals surface area contributed by atoms with Gasteiger partial charge in [0.1, 0.15) is 19.0 Å². The maximum atomic E-state index is 12.8. The first-order valence-corrected chi connectivity index (χ1v) is 14.7. The second-order valence-electron chi connectivity index (χ2n) is 10.5. The van der Waals surface area contributed by atoms with Gasteiger partial charge in [-0.25, -0.2) is 4.79 Å². The number of nitrogens with zero attached hydrogens (tertiary/aromatic N) is 2. The van der Waals surface area contributed by atoms with Gasteiger partial charge in [-0.1, -0.05) is 66.7 Å². The molecule has 0 spiro atoms. The molecule has 12 nitrogen and oxygen atoms in total. The number of amidine groups is 1. The Morgan fingerprint density at radius 2 is 1.51 bits per heavy atom. The average Bonchev–Trinajstić information content (AvgIpc) is 3.06. The lowest BCUT2D eigenvalue weighted by Crippen LogP contribution is -2.59. The predicted octanol–water partition coefficient (Wildman–Crippen LogP) is 3.14. The number of nitrogens with one attached hydrogen (secondary N) is 3. The summed E-state index contributed by atoms with van der Waals surface area (Å²) in [5, 5.41) is 13.5. The lowest BCUT2D eigenvalue weighted by molar-refractivity contribution is -0.144. The Bertz CT molecular complexity index is 1470. The number of amides is 3. The Morgan fingerprint density at radius 1 is 0.844 bits per heavy atom. The van der Waals surface area contributed by atoms with Crippen molar-refractivity contribution in [3.05, 3.63) is 102 Å². The molecule has 1 unspecified atom stereocenters. The standard InChI is InChI=1S/C33H38N6O6/c34-31(35)28-21-39(33(43)45-23-25-10-5-2-6-11-25)19-18-38(28)17-15-29(40)37-27-13-7-12-26(20-27)32(42)36-16-14-30(41)44-22-24-8-3-1-4-9-24/h1-13,20,28H,14-19,21-23H2,(H3,34,35)(H,36,42)(H,37,40). The van der Waals surface area contributed by atoms with Crippen LogP contribution in [0.2, 0.25) is 0 Å². The van der Waals surface area contributed by atoms with Crippen molar-refractivity contribution >= 4 is 35.4 Å². The molecule has 1 aliphatic heterocycles. The van der Waals surface area contributed by atoms with Crippen molar-refractivity contribution in [1.29, 1.82) is 5.41 Å². The average molecular weight is 615 g/mol. The summed E-state index contributed by atoms with van der Waals surface area (Å²) in [6.07, 6.45) is -0.335. The third-order valence-corrected chi connectivity index (χ3v) is 7.21. The number of esters is 1. The van der Waals surface area contributed by atoms with Gasteiger partial charge in [-0.05, 0) is 29.3 Å². The van der Waals surface area contributed by atoms with Crippen molar-refractivity contribution < 1.29 is 28.7 Å². The highest BCUT2D eigenvalue weighted by Gasteiger charge is 2.32. The second kappa shape index (κ2) is 16.6. The van der Waals surface area contributed by atoms with E-state index in [1.54, 1.807) is 24.3 Å². The van der Waals surface area contributed by atoms with Crippen molar-refractivity contribution in [2.45, 2.75) is 32.1 Å². The number of rotatable bonds is 13. The van der Waals surface area contributed by atoms with Crippen molar-refractivity contribution in [2.24, 2.45) is 5.73 Å². The first-order valence-electron chi connectivity index (χ1n) is 14.7. The van der Waals surface area contributed by atoms with Gasteiger partial charge in [0.15, 0.2) is 0 Å². The topological polar surface area (TPSA) is 167 Å². The molecule has 0 bridgehead atoms. The number of piperazine rings is 1. The fourth-order valence-corrected chi connectivity index (χ4v) is 4.76. The van der Waals surface area contributed by atoms with Crippen LogP contribution < -0.4 is 16.4 Å². The van der Waals surface area contributed by atoms with Crippen LogP contribution in [0.1, 0.15) is 34.3 Å². The predicted molar refractivity (Wildman–Crippen MR) is 168 cm³/mol. The van der Waals surface area contributed by atoms with E-state index in [2.05, 4.69) is 10.6 Å². The van der Waals surface area contributed by atoms with Gasteiger partial charge >= 0.3 is 12.1 Å². The van der Waals surface area contributed by atoms with Crippen LogP contribution in [0.15, 0.2) is 84.9 Å². The zero-order valence-corrected chi connectivity index (χ0v) is 24.9. The highest BCUT2D eigenvalue weighted by Crippen LogP contribution is 2.15. The molecule has 1 aliphatic rings. The minimum atomic E-state index is -0.543. The van der Waals surface area contributed by atoms with Gasteiger partial charge in [0.2, 0.25) is 5.91 Å². The molecule has 0 saturated carbocycles. The van der Waals surface area contributed by atoms with Crippen LogP contribution in [0.5, 0.6) is 0 Å². The molecule has 5 N–H and O–H groups in total. The van der Waals surface area contributed by atoms with Crippen LogP contribution in [0, 0.1) is 5.41 Å². The SMILES string of the molecule is N=C(N)C1CN(C(=O)OCc2ccccc2)CCN1CCC(=O)Nc1cccc(C(=O)NCCC(=O)OCc2ccccc2)c1. The Labute approximate surface area is 262 Å². The van der Waals surface area contributed by atoms with Crippen molar-refractivity contribution in [3.63, 3.8) is 0 Å². The van der Waals surface area contributed by atoms with E-state index in [0.29, 0.717) is 30.9 Å². The number of carbonyl (C=O) groups is 4. The Kier molecular flexibility index (Phi) is 12.0. The third-order valence-electron chi connectivity index (χ3n) is 7.21. The maximum Gasteiger partial charge on any atom is 0.410 e. The van der Waals surface area contributed by atoms with E-state index in [4.69, 9.17) is 20.6 Å². The highest BCUT2D eigenvalue weighted by atomic mass is 16.6. The van der Waals surface area contributed by atoms with Crippen molar-refractivity contribution in [2.75, 3.05) is 38.0 Å². The Morgan fingerprint density at radius 3 is 2.18 bits per heavy atom. The molecule has 3 amide bonds. The molecule has 12 heteroatoms. The summed E-state index contributed by atoms with van der Waals surface area (Å²) in [5.41, 5.74) is 8.39. The number of benzene rings is 3. The molecular formula is C33H38N6O6. The van der Waals surface area contributed by atoms with Crippen LogP contribution in [-0.2, 0) is 32.3 Å². The van der Waals surface area contributed by atoms with Crippen LogP contribution in [0.25, 0.3) is 0 Å². The van der Waals surface area contributed by atoms with Gasteiger partial charge in [0.25, 0.3) is 5.91 Å². The normalized spacial score (nSPS) is 14.7. The fraction of sp³-hybridized carbons (Fsp3) is 0.303. The molecule has 4 rings (SSSR count). The van der Waals surface area contributed by atoms with Gasteiger partial charge in [0, 0.05) is 50.4 Å². The third kappa shape index (κ3) is 10.5. The van der Waals surface area contributed by atoms with E-state index >= 15 is 0 Å². The number of hydrogen-bond acceptors (Lipinski definition) is 8. The number of hydrogen-bond donors (Lipinski definition) is 4. The molecule has 0 radical (unpaired) electrons. The molecule has 3 aromatic carbocycles. The summed E-state index contributed by atoms with van der Waals surface area (Å²) in [6.45, 7) is 1.74. The van der Waals surface area contributed by atoms with Gasteiger partial charge in [-0.3, -0.25) is 24.7 Å². The van der Waals surface area contributed by atoms with E-state index in [0.717, 1.165) is 11.1 Å². The largest absolute Gasteiger partial charge is 0.461 e. The summed E-state index contributed by atoms with van der Waals surface area (Å²) >= 11 is 0. The monoisotopic (exact) mass is 614 g/mol. The maximum absolute atomic E-state index is 12.8. The molecule has 1 saturated heterocycles. The van der Waals surface area contributed by atoms with E-state index in [9.17, 15) is 19.2 Å². The van der Waals surface area contributed by atoms with Crippen LogP contribution in [0.3, 0.4) is 0 Å². The van der Waals surface area contributed by atoms with E-state index in [1.165, 1.54) is 4.90 Å². The first-order chi connectivity index (χ1) is 21.8. The van der Waals surface area contributed by atoms with Gasteiger partial charge in [-0.2, -0.15) is 0 Å². The summed E-state index contributed by atoms with van der Waals surface area (Å²) in [5.74, 6) is -1.18. The molecule has 45 heavy (non-hydrogen) atoms. The minimum Gasteiger partial charge on any atom is -0.461 e. The molecule has 1 fully saturated rings. The molecule has 0 aliphatic carbocycles. The lowest BCUT2D eigenvalue weighted by Gasteiger charge is -2.40. The van der Waals surface area contributed by atoms with E-state index in [1.807, 2.05) is 65.6 Å². The van der Waals surface area contributed by atoms with Crippen LogP contribution in [0.4, 0.5) is 10.5 Å². The van der Waals surface area contributed by atoms with Gasteiger partial charge in [0.05, 0.1) is 12.5 Å². The fourth-order valence-electron chi connectivity index (χ4n) is 4.76. The highest BCUT2D eigenvalue weighted by molar-refractivity contribution is 5.97. The summed E-state index contributed by atoms with van der Waals surface area (Å²) < 4.78 is 10.6. The van der Waals surface area contributed by atoms with Crippen LogP contribution in [-0.4, -0.2) is 78.3 Å². The minimum absolute atomic E-state index is 0.0272. The number of anilines is 1. The Hall–Kier alpha value is -5.23. The van der Waals surface area contributed by atoms with Gasteiger partial charge < -0.3 is 30.7 Å². The number of ether oxygens (including phenoxy) is 2. The number of nitrogens with two attached hydrogens (primary N) is 1. The zero-order chi connectivity index (χ0) is 32.0. The molecule has 236 valence electrons. The summed E-state index contributed by atoms with van der Waals surface area (Å²) in [7, 11) is 0. The molecule has 1 heterocycles. The second-order valence-corrected chi connectivity index (χ2v) is 10.5. The molecule has 1 atom stereocenters. The molecule has 3 aromatic rings. The quantitative estimate of drug-likeness (QED) is 0.129. The summed E-state index contributed by atoms with van der Waals surface area (Å²) in [6, 6.07) is 24.6. The number of carbonyl (C=O) groups excluding carboxylic acids is 4. The van der Waals surface area contributed by atoms with Crippen molar-refractivity contribution in [1.82, 2.24) is 15.1 Å². The smallest absolute Gasteiger partial charge is 0.410 e. The van der Waals surface area contributed by atoms with E-state index < -0.39 is 18.1 Å². The Balaban J connectivity index is 1.18. The lowest BCUT2D eigenvalue weighted by atomic mass is 10.1.